The zero-order valence-corrected chi connectivity index (χ0v) is 25.6. The molecule has 0 rings (SSSR count). The van der Waals surface area contributed by atoms with Crippen LogP contribution in [-0.2, 0) is 28.5 Å². The van der Waals surface area contributed by atoms with Crippen LogP contribution in [0.3, 0.4) is 0 Å². The second-order valence-electron chi connectivity index (χ2n) is 9.36. The van der Waals surface area contributed by atoms with E-state index in [1.807, 2.05) is 0 Å². The van der Waals surface area contributed by atoms with Crippen LogP contribution in [0, 0.1) is 17.8 Å². The van der Waals surface area contributed by atoms with Crippen molar-refractivity contribution in [2.45, 2.75) is 106 Å². The first-order valence-corrected chi connectivity index (χ1v) is 13.8. The molecule has 6 heteroatoms. The smallest absolute Gasteiger partial charge is 0.302 e. The second kappa shape index (κ2) is 37.9. The molecule has 0 aromatic rings. The van der Waals surface area contributed by atoms with E-state index in [0.29, 0.717) is 12.5 Å². The van der Waals surface area contributed by atoms with E-state index in [0.717, 1.165) is 51.1 Å². The van der Waals surface area contributed by atoms with Gasteiger partial charge in [-0.15, -0.1) is 0 Å². The van der Waals surface area contributed by atoms with E-state index in [9.17, 15) is 4.79 Å². The van der Waals surface area contributed by atoms with E-state index in [2.05, 4.69) is 41.5 Å². The Hall–Kier alpha value is -0.690. The van der Waals surface area contributed by atoms with Gasteiger partial charge in [-0.1, -0.05) is 67.2 Å². The van der Waals surface area contributed by atoms with Gasteiger partial charge in [0.05, 0.1) is 6.61 Å². The van der Waals surface area contributed by atoms with Crippen molar-refractivity contribution in [3.8, 4) is 0 Å². The molecule has 0 N–H and O–H groups in total. The normalized spacial score (nSPS) is 12.5. The summed E-state index contributed by atoms with van der Waals surface area (Å²) in [4.78, 5) is 10.4. The van der Waals surface area contributed by atoms with Crippen molar-refractivity contribution in [2.75, 3.05) is 61.5 Å². The molecule has 6 nitrogen and oxygen atoms in total. The Morgan fingerprint density at radius 2 is 1.11 bits per heavy atom. The Morgan fingerprint density at radius 3 is 1.51 bits per heavy atom. The summed E-state index contributed by atoms with van der Waals surface area (Å²) in [7, 11) is 6.95. The lowest BCUT2D eigenvalue weighted by Gasteiger charge is -2.09. The van der Waals surface area contributed by atoms with Crippen molar-refractivity contribution in [1.29, 1.82) is 0 Å². The highest BCUT2D eigenvalue weighted by atomic mass is 16.5. The van der Waals surface area contributed by atoms with Gasteiger partial charge < -0.3 is 23.7 Å². The molecule has 0 aromatic carbocycles. The highest BCUT2D eigenvalue weighted by Gasteiger charge is 2.02. The first-order valence-electron chi connectivity index (χ1n) is 13.8. The number of hydrogen-bond donors (Lipinski definition) is 0. The van der Waals surface area contributed by atoms with Gasteiger partial charge in [0.25, 0.3) is 0 Å². The Labute approximate surface area is 220 Å². The predicted molar refractivity (Wildman–Crippen MR) is 150 cm³/mol. The maximum Gasteiger partial charge on any atom is 0.302 e. The first kappa shape index (κ1) is 41.4. The lowest BCUT2D eigenvalue weighted by Crippen LogP contribution is -2.07. The molecule has 0 aliphatic carbocycles. The Morgan fingerprint density at radius 1 is 0.600 bits per heavy atom. The minimum absolute atomic E-state index is 0.200. The number of esters is 1. The summed E-state index contributed by atoms with van der Waals surface area (Å²) in [6, 6.07) is 0. The van der Waals surface area contributed by atoms with Crippen LogP contribution in [0.1, 0.15) is 106 Å². The van der Waals surface area contributed by atoms with Crippen molar-refractivity contribution in [2.24, 2.45) is 17.8 Å². The summed E-state index contributed by atoms with van der Waals surface area (Å²) in [5.74, 6) is 1.93. The maximum absolute atomic E-state index is 10.4. The molecular weight excluding hydrogens is 444 g/mol. The number of carbonyl (C=O) groups is 1. The minimum Gasteiger partial charge on any atom is -0.466 e. The fourth-order valence-electron chi connectivity index (χ4n) is 2.75. The van der Waals surface area contributed by atoms with Crippen LogP contribution in [0.4, 0.5) is 0 Å². The third-order valence-corrected chi connectivity index (χ3v) is 5.43. The van der Waals surface area contributed by atoms with Gasteiger partial charge >= 0.3 is 5.97 Å². The van der Waals surface area contributed by atoms with Crippen LogP contribution < -0.4 is 0 Å². The fourth-order valence-corrected chi connectivity index (χ4v) is 2.75. The fraction of sp³-hybridized carbons (Fsp3) is 0.966. The van der Waals surface area contributed by atoms with Gasteiger partial charge in [-0.3, -0.25) is 4.79 Å². The lowest BCUT2D eigenvalue weighted by atomic mass is 10.1. The minimum atomic E-state index is -0.200. The molecule has 0 saturated carbocycles. The van der Waals surface area contributed by atoms with Crippen molar-refractivity contribution < 1.29 is 28.5 Å². The lowest BCUT2D eigenvalue weighted by molar-refractivity contribution is -0.141. The number of carbonyl (C=O) groups excluding carboxylic acids is 1. The SMILES string of the molecule is CCC(C)CCOC.CCCC(C)COC.CCCCCOC.COCCC(C)CCOC(C)=O. The summed E-state index contributed by atoms with van der Waals surface area (Å²) in [6.45, 7) is 18.7. The molecule has 0 saturated heterocycles. The van der Waals surface area contributed by atoms with Crippen molar-refractivity contribution in [3.05, 3.63) is 0 Å². The first-order chi connectivity index (χ1) is 16.7. The van der Waals surface area contributed by atoms with Crippen molar-refractivity contribution >= 4 is 5.97 Å². The van der Waals surface area contributed by atoms with E-state index in [4.69, 9.17) is 23.7 Å². The molecule has 0 aromatic heterocycles. The molecule has 0 heterocycles. The molecule has 0 fully saturated rings. The largest absolute Gasteiger partial charge is 0.466 e. The molecule has 0 spiro atoms. The van der Waals surface area contributed by atoms with Gasteiger partial charge in [0.1, 0.15) is 0 Å². The van der Waals surface area contributed by atoms with Crippen LogP contribution in [-0.4, -0.2) is 67.4 Å². The Bertz CT molecular complexity index is 355. The van der Waals surface area contributed by atoms with E-state index in [-0.39, 0.29) is 5.97 Å². The third-order valence-electron chi connectivity index (χ3n) is 5.43. The summed E-state index contributed by atoms with van der Waals surface area (Å²) >= 11 is 0. The van der Waals surface area contributed by atoms with Gasteiger partial charge in [-0.2, -0.15) is 0 Å². The van der Waals surface area contributed by atoms with Crippen LogP contribution in [0.5, 0.6) is 0 Å². The standard InChI is InChI=1S/C9H18O3.2C7H16O.C6H14O/c1-8(4-6-11-3)5-7-12-9(2)10;1-4-7(2)5-6-8-3;1-4-5-7(2)6-8-3;1-3-4-5-6-7-2/h8H,4-7H2,1-3H3;2*7H,4-6H2,1-3H3;3-6H2,1-2H3. The van der Waals surface area contributed by atoms with E-state index >= 15 is 0 Å². The van der Waals surface area contributed by atoms with Crippen LogP contribution >= 0.6 is 0 Å². The molecule has 0 radical (unpaired) electrons. The molecule has 3 unspecified atom stereocenters. The Balaban J connectivity index is -0.000000188. The van der Waals surface area contributed by atoms with Crippen LogP contribution in [0.25, 0.3) is 0 Å². The topological polar surface area (TPSA) is 63.2 Å². The highest BCUT2D eigenvalue weighted by molar-refractivity contribution is 5.65. The van der Waals surface area contributed by atoms with E-state index < -0.39 is 0 Å². The molecule has 0 bridgehead atoms. The van der Waals surface area contributed by atoms with Gasteiger partial charge in [0.2, 0.25) is 0 Å². The number of hydrogen-bond acceptors (Lipinski definition) is 6. The van der Waals surface area contributed by atoms with Gasteiger partial charge in [-0.25, -0.2) is 0 Å². The van der Waals surface area contributed by atoms with Crippen LogP contribution in [0.2, 0.25) is 0 Å². The molecule has 0 amide bonds. The monoisotopic (exact) mass is 508 g/mol. The summed E-state index contributed by atoms with van der Waals surface area (Å²) in [6.07, 6.45) is 10.8. The highest BCUT2D eigenvalue weighted by Crippen LogP contribution is 2.07. The molecule has 0 aliphatic heterocycles. The second-order valence-corrected chi connectivity index (χ2v) is 9.36. The van der Waals surface area contributed by atoms with Crippen molar-refractivity contribution in [1.82, 2.24) is 0 Å². The molecule has 0 aliphatic rings. The quantitative estimate of drug-likeness (QED) is 0.140. The number of rotatable bonds is 18. The van der Waals surface area contributed by atoms with Crippen molar-refractivity contribution in [3.63, 3.8) is 0 Å². The maximum atomic E-state index is 10.4. The zero-order valence-electron chi connectivity index (χ0n) is 25.6. The Kier molecular flexibility index (Phi) is 44.8. The van der Waals surface area contributed by atoms with E-state index in [1.165, 1.54) is 51.9 Å². The average Bonchev–Trinajstić information content (AvgIpc) is 2.83. The molecule has 35 heavy (non-hydrogen) atoms. The number of methoxy groups -OCH3 is 4. The summed E-state index contributed by atoms with van der Waals surface area (Å²) < 4.78 is 24.5. The summed E-state index contributed by atoms with van der Waals surface area (Å²) in [5.41, 5.74) is 0. The summed E-state index contributed by atoms with van der Waals surface area (Å²) in [5, 5.41) is 0. The van der Waals surface area contributed by atoms with Gasteiger partial charge in [0.15, 0.2) is 0 Å². The number of unbranched alkanes of at least 4 members (excludes halogenated alkanes) is 2. The van der Waals surface area contributed by atoms with E-state index in [1.54, 1.807) is 28.4 Å². The number of ether oxygens (including phenoxy) is 5. The molecule has 216 valence electrons. The third kappa shape index (κ3) is 51.0. The van der Waals surface area contributed by atoms with Gasteiger partial charge in [0, 0.05) is 61.8 Å². The predicted octanol–water partition coefficient (Wildman–Crippen LogP) is 7.57. The molecule has 3 atom stereocenters. The average molecular weight is 509 g/mol. The van der Waals surface area contributed by atoms with Crippen LogP contribution in [0.15, 0.2) is 0 Å². The van der Waals surface area contributed by atoms with Gasteiger partial charge in [-0.05, 0) is 49.9 Å². The zero-order chi connectivity index (χ0) is 27.7. The molecular formula is C29H64O6.